The molecule has 7 nitrogen and oxygen atoms in total. The number of carbonyl (C=O) groups excluding carboxylic acids is 1. The van der Waals surface area contributed by atoms with E-state index in [2.05, 4.69) is 9.71 Å². The van der Waals surface area contributed by atoms with Gasteiger partial charge in [-0.15, -0.1) is 4.40 Å². The van der Waals surface area contributed by atoms with Crippen LogP contribution in [0.4, 0.5) is 5.69 Å². The van der Waals surface area contributed by atoms with Gasteiger partial charge in [0.05, 0.1) is 16.2 Å². The van der Waals surface area contributed by atoms with Crippen LogP contribution in [-0.4, -0.2) is 25.2 Å². The minimum Gasteiger partial charge on any atom is -0.342 e. The Balaban J connectivity index is 1.52. The molecule has 3 atom stereocenters. The Morgan fingerprint density at radius 1 is 0.783 bits per heavy atom. The zero-order valence-corrected chi connectivity index (χ0v) is 26.3. The van der Waals surface area contributed by atoms with Crippen molar-refractivity contribution >= 4 is 27.5 Å². The molecule has 5 aromatic carbocycles. The van der Waals surface area contributed by atoms with E-state index in [1.165, 1.54) is 5.06 Å². The number of sulfonamides is 1. The summed E-state index contributed by atoms with van der Waals surface area (Å²) < 4.78 is 32.7. The highest BCUT2D eigenvalue weighted by molar-refractivity contribution is 7.90. The third-order valence-corrected chi connectivity index (χ3v) is 10.3. The molecule has 1 N–H and O–H groups in total. The lowest BCUT2D eigenvalue weighted by molar-refractivity contribution is -0.198. The molecule has 46 heavy (non-hydrogen) atoms. The molecular weight excluding hydrogens is 595 g/mol. The maximum absolute atomic E-state index is 15.0. The van der Waals surface area contributed by atoms with Crippen molar-refractivity contribution in [3.8, 4) is 0 Å². The highest BCUT2D eigenvalue weighted by atomic mass is 32.2. The molecule has 5 aromatic rings. The van der Waals surface area contributed by atoms with Gasteiger partial charge in [-0.1, -0.05) is 121 Å². The van der Waals surface area contributed by atoms with E-state index in [4.69, 9.17) is 4.84 Å². The van der Waals surface area contributed by atoms with Crippen LogP contribution in [0.1, 0.15) is 45.3 Å². The average molecular weight is 628 g/mol. The van der Waals surface area contributed by atoms with Crippen LogP contribution < -0.4 is 5.32 Å². The van der Waals surface area contributed by atoms with Crippen LogP contribution in [-0.2, 0) is 31.7 Å². The van der Waals surface area contributed by atoms with Gasteiger partial charge in [-0.05, 0) is 59.9 Å². The van der Waals surface area contributed by atoms with Gasteiger partial charge in [0.1, 0.15) is 18.5 Å². The standard InChI is InChI=1S/C38H33N3O4S/c1-26-21-23-30(24-22-26)46(43,44)40-37-38(32-19-11-12-20-33(32)39-37)34(31-18-10-9-13-27(31)2)36(42)41(35(38)29-16-7-4-8-17-29)45-25-28-14-5-3-6-15-28/h3-24,34-35H,25H2,1-2H3,(H,39,40). The molecule has 8 heteroatoms. The molecule has 0 aliphatic carbocycles. The van der Waals surface area contributed by atoms with Crippen molar-refractivity contribution in [2.24, 2.45) is 4.40 Å². The van der Waals surface area contributed by atoms with E-state index < -0.39 is 27.4 Å². The molecular formula is C38H33N3O4S. The second-order valence-electron chi connectivity index (χ2n) is 11.8. The number of rotatable bonds is 7. The number of nitrogens with one attached hydrogen (secondary N) is 1. The predicted octanol–water partition coefficient (Wildman–Crippen LogP) is 7.25. The van der Waals surface area contributed by atoms with Crippen LogP contribution in [0.2, 0.25) is 0 Å². The number of benzene rings is 5. The first-order chi connectivity index (χ1) is 22.3. The van der Waals surface area contributed by atoms with Crippen molar-refractivity contribution in [1.82, 2.24) is 5.06 Å². The van der Waals surface area contributed by atoms with Gasteiger partial charge in [-0.25, -0.2) is 5.06 Å². The summed E-state index contributed by atoms with van der Waals surface area (Å²) in [6.07, 6.45) is 0. The first-order valence-electron chi connectivity index (χ1n) is 15.2. The molecule has 0 radical (unpaired) electrons. The third kappa shape index (κ3) is 4.90. The smallest absolute Gasteiger partial charge is 0.283 e. The normalized spacial score (nSPS) is 21.5. The monoisotopic (exact) mass is 627 g/mol. The largest absolute Gasteiger partial charge is 0.342 e. The second-order valence-corrected chi connectivity index (χ2v) is 13.4. The summed E-state index contributed by atoms with van der Waals surface area (Å²) >= 11 is 0. The summed E-state index contributed by atoms with van der Waals surface area (Å²) in [7, 11) is -4.20. The minimum absolute atomic E-state index is 0.0729. The van der Waals surface area contributed by atoms with Gasteiger partial charge < -0.3 is 5.32 Å². The molecule has 0 aromatic heterocycles. The summed E-state index contributed by atoms with van der Waals surface area (Å²) in [6, 6.07) is 40.6. The zero-order chi connectivity index (χ0) is 31.9. The number of nitrogens with zero attached hydrogens (tertiary/aromatic N) is 2. The van der Waals surface area contributed by atoms with E-state index in [1.54, 1.807) is 24.3 Å². The van der Waals surface area contributed by atoms with Gasteiger partial charge in [-0.3, -0.25) is 9.63 Å². The van der Waals surface area contributed by atoms with Gasteiger partial charge in [-0.2, -0.15) is 8.42 Å². The minimum atomic E-state index is -4.20. The van der Waals surface area contributed by atoms with Crippen molar-refractivity contribution < 1.29 is 18.0 Å². The molecule has 1 saturated heterocycles. The third-order valence-electron chi connectivity index (χ3n) is 8.96. The van der Waals surface area contributed by atoms with Gasteiger partial charge in [0, 0.05) is 5.69 Å². The Bertz CT molecular complexity index is 2050. The molecule has 2 heterocycles. The lowest BCUT2D eigenvalue weighted by atomic mass is 9.64. The van der Waals surface area contributed by atoms with E-state index in [-0.39, 0.29) is 23.2 Å². The number of amidine groups is 1. The molecule has 1 spiro atoms. The van der Waals surface area contributed by atoms with Gasteiger partial charge in [0.25, 0.3) is 15.9 Å². The van der Waals surface area contributed by atoms with E-state index in [1.807, 2.05) is 123 Å². The van der Waals surface area contributed by atoms with Crippen LogP contribution in [0.3, 0.4) is 0 Å². The molecule has 7 rings (SSSR count). The number of aryl methyl sites for hydroxylation is 2. The number of para-hydroxylation sites is 1. The van der Waals surface area contributed by atoms with Crippen molar-refractivity contribution in [3.63, 3.8) is 0 Å². The number of hydroxylamine groups is 2. The summed E-state index contributed by atoms with van der Waals surface area (Å²) in [5.74, 6) is -0.966. The summed E-state index contributed by atoms with van der Waals surface area (Å²) in [4.78, 5) is 21.6. The molecule has 2 aliphatic heterocycles. The van der Waals surface area contributed by atoms with E-state index in [9.17, 15) is 8.42 Å². The van der Waals surface area contributed by atoms with E-state index in [0.29, 0.717) is 5.69 Å². The molecule has 1 fully saturated rings. The van der Waals surface area contributed by atoms with E-state index >= 15 is 4.79 Å². The first kappa shape index (κ1) is 29.6. The fourth-order valence-corrected chi connectivity index (χ4v) is 7.86. The summed E-state index contributed by atoms with van der Waals surface area (Å²) in [5, 5.41) is 4.83. The van der Waals surface area contributed by atoms with Gasteiger partial charge in [0.2, 0.25) is 0 Å². The van der Waals surface area contributed by atoms with Crippen molar-refractivity contribution in [1.29, 1.82) is 0 Å². The Morgan fingerprint density at radius 2 is 1.41 bits per heavy atom. The van der Waals surface area contributed by atoms with Crippen LogP contribution in [0.5, 0.6) is 0 Å². The van der Waals surface area contributed by atoms with Crippen molar-refractivity contribution in [2.45, 2.75) is 42.7 Å². The SMILES string of the molecule is Cc1ccc(S(=O)(=O)/N=C2\Nc3ccccc3C23C(c2ccccc2C)C(=O)N(OCc2ccccc2)C3c2ccccc2)cc1. The number of anilines is 1. The topological polar surface area (TPSA) is 88.1 Å². The number of fused-ring (bicyclic) bond motifs is 2. The fraction of sp³-hybridized carbons (Fsp3) is 0.158. The number of amides is 1. The van der Waals surface area contributed by atoms with Crippen molar-refractivity contribution in [2.75, 3.05) is 5.32 Å². The Morgan fingerprint density at radius 3 is 2.13 bits per heavy atom. The number of carbonyl (C=O) groups is 1. The maximum atomic E-state index is 15.0. The summed E-state index contributed by atoms with van der Waals surface area (Å²) in [6.45, 7) is 4.02. The maximum Gasteiger partial charge on any atom is 0.283 e. The number of hydrogen-bond acceptors (Lipinski definition) is 4. The second kappa shape index (κ2) is 11.7. The van der Waals surface area contributed by atoms with Crippen LogP contribution >= 0.6 is 0 Å². The quantitative estimate of drug-likeness (QED) is 0.205. The Hall–Kier alpha value is -5.05. The zero-order valence-electron chi connectivity index (χ0n) is 25.5. The molecule has 0 saturated carbocycles. The van der Waals surface area contributed by atoms with Crippen LogP contribution in [0.15, 0.2) is 143 Å². The average Bonchev–Trinajstić information content (AvgIpc) is 3.51. The Kier molecular flexibility index (Phi) is 7.55. The Labute approximate surface area is 269 Å². The van der Waals surface area contributed by atoms with Crippen LogP contribution in [0, 0.1) is 13.8 Å². The molecule has 1 amide bonds. The molecule has 2 aliphatic rings. The van der Waals surface area contributed by atoms with Gasteiger partial charge >= 0.3 is 0 Å². The summed E-state index contributed by atoms with van der Waals surface area (Å²) in [5.41, 5.74) is 4.48. The molecule has 0 bridgehead atoms. The van der Waals surface area contributed by atoms with Crippen molar-refractivity contribution in [3.05, 3.63) is 167 Å². The van der Waals surface area contributed by atoms with Gasteiger partial charge in [0.15, 0.2) is 0 Å². The highest BCUT2D eigenvalue weighted by Crippen LogP contribution is 2.62. The van der Waals surface area contributed by atoms with E-state index in [0.717, 1.165) is 33.4 Å². The lowest BCUT2D eigenvalue weighted by Gasteiger charge is -2.37. The lowest BCUT2D eigenvalue weighted by Crippen LogP contribution is -2.44. The predicted molar refractivity (Wildman–Crippen MR) is 179 cm³/mol. The number of hydrogen-bond donors (Lipinski definition) is 1. The first-order valence-corrected chi connectivity index (χ1v) is 16.6. The molecule has 230 valence electrons. The molecule has 3 unspecified atom stereocenters. The highest BCUT2D eigenvalue weighted by Gasteiger charge is 2.68. The van der Waals surface area contributed by atoms with Crippen LogP contribution in [0.25, 0.3) is 0 Å². The fourth-order valence-electron chi connectivity index (χ4n) is 6.83.